The molecule has 6 heteroatoms. The van der Waals surface area contributed by atoms with Crippen molar-refractivity contribution < 1.29 is 8.83 Å². The quantitative estimate of drug-likeness (QED) is 0.166. The van der Waals surface area contributed by atoms with Crippen LogP contribution in [0.2, 0.25) is 0 Å². The SMILES string of the molecule is CC(C)(C)c1ccccc1N(c1ccccc1)c1ccc2cc3c(cc2c1)oc1c(C#N)c2oc4cc5cc(N(c6ccccc6)c6ccccc6C(C)(C)C)ccc5cc4c2c(C#N)c13. The molecule has 0 radical (unpaired) electrons. The Labute approximate surface area is 383 Å². The molecule has 318 valence electrons. The van der Waals surface area contributed by atoms with Crippen molar-refractivity contribution in [2.45, 2.75) is 52.4 Å². The number of benzene rings is 9. The fourth-order valence-corrected chi connectivity index (χ4v) is 9.84. The third kappa shape index (κ3) is 6.53. The summed E-state index contributed by atoms with van der Waals surface area (Å²) in [7, 11) is 0. The number of furan rings is 2. The lowest BCUT2D eigenvalue weighted by Crippen LogP contribution is -2.19. The van der Waals surface area contributed by atoms with E-state index in [9.17, 15) is 10.5 Å². The molecule has 0 spiro atoms. The van der Waals surface area contributed by atoms with Crippen LogP contribution in [0.25, 0.3) is 65.4 Å². The smallest absolute Gasteiger partial charge is 0.158 e. The third-order valence-corrected chi connectivity index (χ3v) is 12.9. The molecule has 0 bridgehead atoms. The molecule has 0 aliphatic rings. The summed E-state index contributed by atoms with van der Waals surface area (Å²) >= 11 is 0. The van der Waals surface area contributed by atoms with Crippen molar-refractivity contribution in [1.82, 2.24) is 0 Å². The molecule has 66 heavy (non-hydrogen) atoms. The van der Waals surface area contributed by atoms with Crippen LogP contribution in [0.5, 0.6) is 0 Å². The molecule has 11 rings (SSSR count). The predicted octanol–water partition coefficient (Wildman–Crippen LogP) is 17.1. The summed E-state index contributed by atoms with van der Waals surface area (Å²) < 4.78 is 13.3. The van der Waals surface area contributed by atoms with Gasteiger partial charge in [0.15, 0.2) is 11.2 Å². The first-order valence-corrected chi connectivity index (χ1v) is 22.4. The van der Waals surface area contributed by atoms with E-state index in [2.05, 4.69) is 209 Å². The lowest BCUT2D eigenvalue weighted by Gasteiger charge is -2.32. The maximum absolute atomic E-state index is 11.0. The lowest BCUT2D eigenvalue weighted by atomic mass is 9.85. The average molecular weight is 855 g/mol. The zero-order valence-electron chi connectivity index (χ0n) is 37.8. The number of nitriles is 2. The second-order valence-electron chi connectivity index (χ2n) is 19.2. The van der Waals surface area contributed by atoms with Crippen LogP contribution < -0.4 is 9.80 Å². The van der Waals surface area contributed by atoms with Crippen LogP contribution in [0.3, 0.4) is 0 Å². The maximum Gasteiger partial charge on any atom is 0.158 e. The number of para-hydroxylation sites is 4. The van der Waals surface area contributed by atoms with E-state index in [0.717, 1.165) is 66.4 Å². The van der Waals surface area contributed by atoms with Gasteiger partial charge in [-0.3, -0.25) is 0 Å². The lowest BCUT2D eigenvalue weighted by molar-refractivity contribution is 0.590. The molecule has 6 nitrogen and oxygen atoms in total. The predicted molar refractivity (Wildman–Crippen MR) is 272 cm³/mol. The first kappa shape index (κ1) is 40.5. The highest BCUT2D eigenvalue weighted by molar-refractivity contribution is 6.24. The van der Waals surface area contributed by atoms with Crippen LogP contribution in [0.4, 0.5) is 34.1 Å². The molecule has 0 atom stereocenters. The second-order valence-corrected chi connectivity index (χ2v) is 19.2. The summed E-state index contributed by atoms with van der Waals surface area (Å²) in [5.41, 5.74) is 11.2. The molecule has 0 amide bonds. The van der Waals surface area contributed by atoms with Gasteiger partial charge in [0.1, 0.15) is 28.9 Å². The van der Waals surface area contributed by atoms with Gasteiger partial charge in [-0.05, 0) is 128 Å². The van der Waals surface area contributed by atoms with Crippen molar-refractivity contribution in [2.75, 3.05) is 9.80 Å². The van der Waals surface area contributed by atoms with Gasteiger partial charge < -0.3 is 18.6 Å². The van der Waals surface area contributed by atoms with E-state index >= 15 is 0 Å². The van der Waals surface area contributed by atoms with Gasteiger partial charge in [-0.15, -0.1) is 0 Å². The van der Waals surface area contributed by atoms with Gasteiger partial charge in [0, 0.05) is 55.7 Å². The third-order valence-electron chi connectivity index (χ3n) is 12.9. The van der Waals surface area contributed by atoms with Crippen LogP contribution in [-0.4, -0.2) is 0 Å². The fraction of sp³-hybridized carbons (Fsp3) is 0.133. The van der Waals surface area contributed by atoms with Crippen molar-refractivity contribution in [3.05, 3.63) is 192 Å². The second kappa shape index (κ2) is 15.2. The highest BCUT2D eigenvalue weighted by Crippen LogP contribution is 2.47. The van der Waals surface area contributed by atoms with Crippen LogP contribution in [-0.2, 0) is 10.8 Å². The summed E-state index contributed by atoms with van der Waals surface area (Å²) in [6.45, 7) is 13.4. The molecule has 0 N–H and O–H groups in total. The molecule has 0 saturated heterocycles. The van der Waals surface area contributed by atoms with Crippen molar-refractivity contribution in [3.63, 3.8) is 0 Å². The zero-order chi connectivity index (χ0) is 45.5. The summed E-state index contributed by atoms with van der Waals surface area (Å²) in [6, 6.07) is 64.1. The Hall–Kier alpha value is -8.32. The van der Waals surface area contributed by atoms with E-state index in [4.69, 9.17) is 8.83 Å². The first-order valence-electron chi connectivity index (χ1n) is 22.4. The van der Waals surface area contributed by atoms with Crippen LogP contribution in [0.1, 0.15) is 63.8 Å². The van der Waals surface area contributed by atoms with Gasteiger partial charge in [-0.1, -0.05) is 126 Å². The molecule has 9 aromatic carbocycles. The summed E-state index contributed by atoms with van der Waals surface area (Å²) in [4.78, 5) is 4.61. The topological polar surface area (TPSA) is 80.3 Å². The van der Waals surface area contributed by atoms with E-state index < -0.39 is 0 Å². The number of hydrogen-bond acceptors (Lipinski definition) is 6. The van der Waals surface area contributed by atoms with E-state index in [0.29, 0.717) is 38.7 Å². The largest absolute Gasteiger partial charge is 0.454 e. The van der Waals surface area contributed by atoms with Crippen molar-refractivity contribution in [3.8, 4) is 12.1 Å². The van der Waals surface area contributed by atoms with Crippen molar-refractivity contribution >= 4 is 99.5 Å². The van der Waals surface area contributed by atoms with Gasteiger partial charge in [0.05, 0.1) is 5.56 Å². The van der Waals surface area contributed by atoms with E-state index in [1.165, 1.54) is 11.1 Å². The molecule has 0 aliphatic carbocycles. The monoisotopic (exact) mass is 854 g/mol. The molecule has 0 unspecified atom stereocenters. The molecule has 2 heterocycles. The van der Waals surface area contributed by atoms with Crippen molar-refractivity contribution in [1.29, 1.82) is 10.5 Å². The van der Waals surface area contributed by atoms with Crippen LogP contribution in [0, 0.1) is 22.7 Å². The fourth-order valence-electron chi connectivity index (χ4n) is 9.84. The summed E-state index contributed by atoms with van der Waals surface area (Å²) in [5.74, 6) is 0. The minimum atomic E-state index is -0.0945. The Kier molecular flexibility index (Phi) is 9.29. The zero-order valence-corrected chi connectivity index (χ0v) is 37.8. The van der Waals surface area contributed by atoms with Crippen molar-refractivity contribution in [2.24, 2.45) is 0 Å². The number of nitrogens with zero attached hydrogens (tertiary/aromatic N) is 4. The number of rotatable bonds is 6. The van der Waals surface area contributed by atoms with E-state index in [1.54, 1.807) is 0 Å². The van der Waals surface area contributed by atoms with Crippen LogP contribution in [0.15, 0.2) is 179 Å². The molecular formula is C60H46N4O2. The van der Waals surface area contributed by atoms with Gasteiger partial charge in [-0.2, -0.15) is 10.5 Å². The minimum absolute atomic E-state index is 0.0945. The molecular weight excluding hydrogens is 809 g/mol. The van der Waals surface area contributed by atoms with Gasteiger partial charge in [0.25, 0.3) is 0 Å². The highest BCUT2D eigenvalue weighted by Gasteiger charge is 2.28. The Morgan fingerprint density at radius 1 is 0.394 bits per heavy atom. The van der Waals surface area contributed by atoms with E-state index in [-0.39, 0.29) is 16.4 Å². The normalized spacial score (nSPS) is 12.1. The molecule has 0 fully saturated rings. The number of fused-ring (bicyclic) bond motifs is 8. The minimum Gasteiger partial charge on any atom is -0.454 e. The summed E-state index contributed by atoms with van der Waals surface area (Å²) in [6.07, 6.45) is 0. The molecule has 0 aliphatic heterocycles. The average Bonchev–Trinajstić information content (AvgIpc) is 3.87. The van der Waals surface area contributed by atoms with Crippen LogP contribution >= 0.6 is 0 Å². The number of hydrogen-bond donors (Lipinski definition) is 0. The Bertz CT molecular complexity index is 3580. The number of anilines is 6. The maximum atomic E-state index is 11.0. The highest BCUT2D eigenvalue weighted by atomic mass is 16.3. The molecule has 11 aromatic rings. The standard InChI is InChI=1S/C60H46N4O2/c1-59(2,3)49-21-13-15-23-51(49)63(41-17-9-7-10-18-41)43-27-25-37-31-45-53(33-39(37)29-43)65-57-48(36-62)58-56(47(35-61)55(45)57)46-32-38-26-28-44(30-40(38)34-54(46)66-58)64(42-19-11-8-12-20-42)52-24-16-14-22-50(52)60(4,5)6/h7-34H,1-6H3. The Balaban J connectivity index is 1.08. The molecule has 2 aromatic heterocycles. The van der Waals surface area contributed by atoms with Gasteiger partial charge >= 0.3 is 0 Å². The summed E-state index contributed by atoms with van der Waals surface area (Å²) in [5, 5.41) is 28.6. The van der Waals surface area contributed by atoms with Gasteiger partial charge in [-0.25, -0.2) is 0 Å². The van der Waals surface area contributed by atoms with Gasteiger partial charge in [0.2, 0.25) is 0 Å². The first-order chi connectivity index (χ1) is 31.9. The molecule has 0 saturated carbocycles. The van der Waals surface area contributed by atoms with E-state index in [1.807, 2.05) is 24.3 Å². The Morgan fingerprint density at radius 2 is 0.788 bits per heavy atom. The Morgan fingerprint density at radius 3 is 1.18 bits per heavy atom.